The second-order valence-electron chi connectivity index (χ2n) is 4.15. The number of tetrazole rings is 1. The van der Waals surface area contributed by atoms with Crippen LogP contribution >= 0.6 is 0 Å². The van der Waals surface area contributed by atoms with Gasteiger partial charge in [0.15, 0.2) is 5.82 Å². The summed E-state index contributed by atoms with van der Waals surface area (Å²) < 4.78 is 5.65. The zero-order valence-corrected chi connectivity index (χ0v) is 9.72. The summed E-state index contributed by atoms with van der Waals surface area (Å²) in [5.41, 5.74) is 0. The summed E-state index contributed by atoms with van der Waals surface area (Å²) in [7, 11) is 1.77. The predicted octanol–water partition coefficient (Wildman–Crippen LogP) is 0.259. The van der Waals surface area contributed by atoms with E-state index < -0.39 is 0 Å². The maximum Gasteiger partial charge on any atom is 0.188 e. The minimum Gasteiger partial charge on any atom is -0.378 e. The van der Waals surface area contributed by atoms with Crippen molar-refractivity contribution in [2.75, 3.05) is 13.2 Å². The number of rotatable bonds is 5. The third-order valence-electron chi connectivity index (χ3n) is 2.75. The lowest BCUT2D eigenvalue weighted by Gasteiger charge is -2.22. The van der Waals surface area contributed by atoms with Gasteiger partial charge >= 0.3 is 0 Å². The molecular weight excluding hydrogens is 206 g/mol. The van der Waals surface area contributed by atoms with Crippen LogP contribution in [0.5, 0.6) is 0 Å². The first-order valence-corrected chi connectivity index (χ1v) is 5.90. The molecule has 90 valence electrons. The van der Waals surface area contributed by atoms with Gasteiger partial charge in [-0.3, -0.25) is 0 Å². The monoisotopic (exact) mass is 225 g/mol. The highest BCUT2D eigenvalue weighted by molar-refractivity contribution is 4.75. The largest absolute Gasteiger partial charge is 0.378 e. The second kappa shape index (κ2) is 5.91. The van der Waals surface area contributed by atoms with Gasteiger partial charge < -0.3 is 10.1 Å². The maximum absolute atomic E-state index is 5.65. The second-order valence-corrected chi connectivity index (χ2v) is 4.15. The summed E-state index contributed by atoms with van der Waals surface area (Å²) in [6.45, 7) is 2.56. The van der Waals surface area contributed by atoms with Crippen LogP contribution in [0.3, 0.4) is 0 Å². The van der Waals surface area contributed by atoms with Crippen LogP contribution in [0, 0.1) is 0 Å². The molecule has 0 radical (unpaired) electrons. The molecule has 0 amide bonds. The zero-order valence-electron chi connectivity index (χ0n) is 9.72. The molecule has 2 rings (SSSR count). The Bertz CT molecular complexity index is 308. The molecule has 1 atom stereocenters. The van der Waals surface area contributed by atoms with Crippen molar-refractivity contribution in [3.63, 3.8) is 0 Å². The molecule has 0 spiro atoms. The first kappa shape index (κ1) is 11.5. The summed E-state index contributed by atoms with van der Waals surface area (Å²) in [6, 6.07) is 0. The first-order chi connectivity index (χ1) is 7.84. The smallest absolute Gasteiger partial charge is 0.188 e. The van der Waals surface area contributed by atoms with E-state index in [0.717, 1.165) is 25.4 Å². The number of aromatic nitrogens is 4. The highest BCUT2D eigenvalue weighted by atomic mass is 16.5. The molecule has 1 aliphatic rings. The summed E-state index contributed by atoms with van der Waals surface area (Å²) in [6.07, 6.45) is 5.23. The SMILES string of the molecule is Cn1nnc(CNCCC2CCCCO2)n1. The van der Waals surface area contributed by atoms with E-state index in [1.54, 1.807) is 7.05 Å². The molecule has 0 aliphatic carbocycles. The minimum atomic E-state index is 0.441. The Labute approximate surface area is 95.4 Å². The Morgan fingerprint density at radius 3 is 3.12 bits per heavy atom. The van der Waals surface area contributed by atoms with Gasteiger partial charge in [-0.2, -0.15) is 4.80 Å². The van der Waals surface area contributed by atoms with E-state index in [4.69, 9.17) is 4.74 Å². The van der Waals surface area contributed by atoms with Crippen LogP contribution in [0.2, 0.25) is 0 Å². The molecule has 6 nitrogen and oxygen atoms in total. The molecule has 0 saturated carbocycles. The number of ether oxygens (including phenoxy) is 1. The Morgan fingerprint density at radius 1 is 1.50 bits per heavy atom. The lowest BCUT2D eigenvalue weighted by molar-refractivity contribution is 0.0115. The van der Waals surface area contributed by atoms with E-state index in [1.165, 1.54) is 24.1 Å². The number of nitrogens with one attached hydrogen (secondary N) is 1. The van der Waals surface area contributed by atoms with Crippen LogP contribution in [0.1, 0.15) is 31.5 Å². The van der Waals surface area contributed by atoms with Crippen LogP contribution in [0.25, 0.3) is 0 Å². The molecule has 0 bridgehead atoms. The Hall–Kier alpha value is -1.01. The van der Waals surface area contributed by atoms with Crippen LogP contribution in [0.15, 0.2) is 0 Å². The summed E-state index contributed by atoms with van der Waals surface area (Å²) in [5.74, 6) is 0.743. The number of nitrogens with zero attached hydrogens (tertiary/aromatic N) is 4. The number of hydrogen-bond acceptors (Lipinski definition) is 5. The van der Waals surface area contributed by atoms with E-state index in [0.29, 0.717) is 12.6 Å². The van der Waals surface area contributed by atoms with Crippen LogP contribution in [0.4, 0.5) is 0 Å². The predicted molar refractivity (Wildman–Crippen MR) is 58.7 cm³/mol. The summed E-state index contributed by atoms with van der Waals surface area (Å²) in [4.78, 5) is 1.47. The van der Waals surface area contributed by atoms with E-state index >= 15 is 0 Å². The van der Waals surface area contributed by atoms with E-state index in [2.05, 4.69) is 20.7 Å². The number of hydrogen-bond donors (Lipinski definition) is 1. The number of aryl methyl sites for hydroxylation is 1. The zero-order chi connectivity index (χ0) is 11.2. The third kappa shape index (κ3) is 3.53. The van der Waals surface area contributed by atoms with Gasteiger partial charge in [0, 0.05) is 6.61 Å². The fourth-order valence-electron chi connectivity index (χ4n) is 1.89. The van der Waals surface area contributed by atoms with Crippen molar-refractivity contribution in [3.05, 3.63) is 5.82 Å². The molecule has 1 unspecified atom stereocenters. The van der Waals surface area contributed by atoms with Crippen LogP contribution in [-0.2, 0) is 18.3 Å². The van der Waals surface area contributed by atoms with Crippen molar-refractivity contribution in [1.82, 2.24) is 25.5 Å². The topological polar surface area (TPSA) is 64.9 Å². The molecule has 6 heteroatoms. The fourth-order valence-corrected chi connectivity index (χ4v) is 1.89. The highest BCUT2D eigenvalue weighted by Gasteiger charge is 2.12. The fraction of sp³-hybridized carbons (Fsp3) is 0.900. The van der Waals surface area contributed by atoms with Crippen LogP contribution in [-0.4, -0.2) is 39.5 Å². The Morgan fingerprint density at radius 2 is 2.44 bits per heavy atom. The molecule has 2 heterocycles. The highest BCUT2D eigenvalue weighted by Crippen LogP contribution is 2.14. The first-order valence-electron chi connectivity index (χ1n) is 5.90. The van der Waals surface area contributed by atoms with Crippen molar-refractivity contribution in [3.8, 4) is 0 Å². The molecule has 1 N–H and O–H groups in total. The van der Waals surface area contributed by atoms with Crippen molar-refractivity contribution in [2.24, 2.45) is 7.05 Å². The molecule has 1 aromatic rings. The van der Waals surface area contributed by atoms with Gasteiger partial charge in [-0.1, -0.05) is 0 Å². The normalized spacial score (nSPS) is 21.2. The quantitative estimate of drug-likeness (QED) is 0.728. The molecule has 0 aromatic carbocycles. The molecule has 1 aromatic heterocycles. The standard InChI is InChI=1S/C10H19N5O/c1-15-13-10(12-14-15)8-11-6-5-9-4-2-3-7-16-9/h9,11H,2-8H2,1H3. The van der Waals surface area contributed by atoms with Gasteiger partial charge in [-0.05, 0) is 37.4 Å². The van der Waals surface area contributed by atoms with Gasteiger partial charge in [-0.15, -0.1) is 10.2 Å². The van der Waals surface area contributed by atoms with E-state index in [-0.39, 0.29) is 0 Å². The lowest BCUT2D eigenvalue weighted by atomic mass is 10.1. The van der Waals surface area contributed by atoms with Gasteiger partial charge in [0.2, 0.25) is 0 Å². The van der Waals surface area contributed by atoms with Gasteiger partial charge in [0.05, 0.1) is 19.7 Å². The Kier molecular flexibility index (Phi) is 4.24. The summed E-state index contributed by atoms with van der Waals surface area (Å²) in [5, 5.41) is 15.1. The molecule has 1 aliphatic heterocycles. The molecule has 1 saturated heterocycles. The average Bonchev–Trinajstić information content (AvgIpc) is 2.72. The molecule has 16 heavy (non-hydrogen) atoms. The van der Waals surface area contributed by atoms with Crippen molar-refractivity contribution in [2.45, 2.75) is 38.3 Å². The van der Waals surface area contributed by atoms with Gasteiger partial charge in [0.1, 0.15) is 0 Å². The lowest BCUT2D eigenvalue weighted by Crippen LogP contribution is -2.25. The van der Waals surface area contributed by atoms with Crippen LogP contribution < -0.4 is 5.32 Å². The van der Waals surface area contributed by atoms with E-state index in [1.807, 2.05) is 0 Å². The molecule has 1 fully saturated rings. The summed E-state index contributed by atoms with van der Waals surface area (Å²) >= 11 is 0. The maximum atomic E-state index is 5.65. The minimum absolute atomic E-state index is 0.441. The van der Waals surface area contributed by atoms with Crippen molar-refractivity contribution >= 4 is 0 Å². The van der Waals surface area contributed by atoms with Crippen molar-refractivity contribution in [1.29, 1.82) is 0 Å². The van der Waals surface area contributed by atoms with Crippen molar-refractivity contribution < 1.29 is 4.74 Å². The van der Waals surface area contributed by atoms with E-state index in [9.17, 15) is 0 Å². The third-order valence-corrected chi connectivity index (χ3v) is 2.75. The molecular formula is C10H19N5O. The average molecular weight is 225 g/mol. The Balaban J connectivity index is 1.57. The van der Waals surface area contributed by atoms with Gasteiger partial charge in [0.25, 0.3) is 0 Å². The van der Waals surface area contributed by atoms with Gasteiger partial charge in [-0.25, -0.2) is 0 Å².